The third kappa shape index (κ3) is 2.42. The first-order valence-corrected chi connectivity index (χ1v) is 6.72. The van der Waals surface area contributed by atoms with Gasteiger partial charge in [-0.15, -0.1) is 0 Å². The molecular weight excluding hydrogens is 245 g/mol. The summed E-state index contributed by atoms with van der Waals surface area (Å²) in [5.41, 5.74) is 6.29. The van der Waals surface area contributed by atoms with E-state index in [1.165, 1.54) is 18.2 Å². The molecule has 0 saturated carbocycles. The fourth-order valence-corrected chi connectivity index (χ4v) is 3.10. The molecule has 3 fully saturated rings. The highest BCUT2D eigenvalue weighted by Crippen LogP contribution is 2.27. The topological polar surface area (TPSA) is 58.4 Å². The van der Waals surface area contributed by atoms with Gasteiger partial charge in [-0.25, -0.2) is 4.39 Å². The van der Waals surface area contributed by atoms with Crippen molar-refractivity contribution in [3.8, 4) is 0 Å². The largest absolute Gasteiger partial charge is 0.398 e. The SMILES string of the molecule is Nc1ccc(F)cc1C(=O)NC1CN2CCC1CC2. The van der Waals surface area contributed by atoms with Gasteiger partial charge in [-0.05, 0) is 50.0 Å². The lowest BCUT2D eigenvalue weighted by Crippen LogP contribution is -2.57. The molecule has 5 heteroatoms. The summed E-state index contributed by atoms with van der Waals surface area (Å²) in [6.07, 6.45) is 2.26. The van der Waals surface area contributed by atoms with Crippen LogP contribution in [0, 0.1) is 11.7 Å². The van der Waals surface area contributed by atoms with E-state index >= 15 is 0 Å². The molecule has 0 spiro atoms. The Morgan fingerprint density at radius 3 is 2.74 bits per heavy atom. The summed E-state index contributed by atoms with van der Waals surface area (Å²) >= 11 is 0. The molecule has 1 aromatic rings. The zero-order valence-electron chi connectivity index (χ0n) is 10.7. The van der Waals surface area contributed by atoms with E-state index in [1.54, 1.807) is 0 Å². The maximum Gasteiger partial charge on any atom is 0.253 e. The summed E-state index contributed by atoms with van der Waals surface area (Å²) in [6, 6.07) is 4.06. The van der Waals surface area contributed by atoms with Crippen molar-refractivity contribution in [3.63, 3.8) is 0 Å². The number of fused-ring (bicyclic) bond motifs is 3. The van der Waals surface area contributed by atoms with E-state index in [4.69, 9.17) is 5.73 Å². The average Bonchev–Trinajstić information content (AvgIpc) is 2.43. The highest BCUT2D eigenvalue weighted by molar-refractivity contribution is 5.99. The molecule has 3 saturated heterocycles. The Labute approximate surface area is 111 Å². The lowest BCUT2D eigenvalue weighted by atomic mass is 9.84. The molecule has 0 aromatic heterocycles. The second-order valence-corrected chi connectivity index (χ2v) is 5.45. The first-order valence-electron chi connectivity index (χ1n) is 6.72. The maximum atomic E-state index is 13.2. The highest BCUT2D eigenvalue weighted by atomic mass is 19.1. The number of amides is 1. The number of carbonyl (C=O) groups is 1. The van der Waals surface area contributed by atoms with Crippen LogP contribution in [0.1, 0.15) is 23.2 Å². The van der Waals surface area contributed by atoms with Crippen molar-refractivity contribution in [1.29, 1.82) is 0 Å². The molecule has 2 bridgehead atoms. The van der Waals surface area contributed by atoms with Crippen molar-refractivity contribution in [1.82, 2.24) is 10.2 Å². The summed E-state index contributed by atoms with van der Waals surface area (Å²) < 4.78 is 13.2. The van der Waals surface area contributed by atoms with Crippen molar-refractivity contribution < 1.29 is 9.18 Å². The number of carbonyl (C=O) groups excluding carboxylic acids is 1. The Bertz CT molecular complexity index is 497. The van der Waals surface area contributed by atoms with Crippen molar-refractivity contribution in [2.24, 2.45) is 5.92 Å². The van der Waals surface area contributed by atoms with Crippen LogP contribution in [0.4, 0.5) is 10.1 Å². The second-order valence-electron chi connectivity index (χ2n) is 5.45. The Hall–Kier alpha value is -1.62. The number of rotatable bonds is 2. The molecular formula is C14H18FN3O. The minimum atomic E-state index is -0.437. The summed E-state index contributed by atoms with van der Waals surface area (Å²) in [7, 11) is 0. The number of nitrogens with zero attached hydrogens (tertiary/aromatic N) is 1. The molecule has 1 aromatic carbocycles. The van der Waals surface area contributed by atoms with Gasteiger partial charge in [0.25, 0.3) is 5.91 Å². The second kappa shape index (κ2) is 4.81. The van der Waals surface area contributed by atoms with Gasteiger partial charge in [0.1, 0.15) is 5.82 Å². The standard InChI is InChI=1S/C14H18FN3O/c15-10-1-2-12(16)11(7-10)14(19)17-13-8-18-5-3-9(13)4-6-18/h1-2,7,9,13H,3-6,8,16H2,(H,17,19). The maximum absolute atomic E-state index is 13.2. The number of piperidine rings is 3. The third-order valence-electron chi connectivity index (χ3n) is 4.23. The van der Waals surface area contributed by atoms with Crippen LogP contribution >= 0.6 is 0 Å². The first-order chi connectivity index (χ1) is 9.13. The molecule has 3 heterocycles. The van der Waals surface area contributed by atoms with Gasteiger partial charge in [0.05, 0.1) is 5.56 Å². The molecule has 19 heavy (non-hydrogen) atoms. The number of benzene rings is 1. The third-order valence-corrected chi connectivity index (χ3v) is 4.23. The number of nitrogens with two attached hydrogens (primary N) is 1. The first kappa shape index (κ1) is 12.4. The van der Waals surface area contributed by atoms with E-state index in [0.29, 0.717) is 11.6 Å². The predicted octanol–water partition coefficient (Wildman–Crippen LogP) is 1.23. The summed E-state index contributed by atoms with van der Waals surface area (Å²) in [4.78, 5) is 14.5. The van der Waals surface area contributed by atoms with Crippen molar-refractivity contribution in [2.45, 2.75) is 18.9 Å². The Morgan fingerprint density at radius 1 is 1.37 bits per heavy atom. The zero-order chi connectivity index (χ0) is 13.4. The minimum Gasteiger partial charge on any atom is -0.398 e. The fraction of sp³-hybridized carbons (Fsp3) is 0.500. The molecule has 0 aliphatic carbocycles. The normalized spacial score (nSPS) is 29.2. The van der Waals surface area contributed by atoms with Crippen LogP contribution in [0.3, 0.4) is 0 Å². The zero-order valence-corrected chi connectivity index (χ0v) is 10.7. The quantitative estimate of drug-likeness (QED) is 0.789. The number of hydrogen-bond donors (Lipinski definition) is 2. The van der Waals surface area contributed by atoms with Crippen LogP contribution < -0.4 is 11.1 Å². The van der Waals surface area contributed by atoms with E-state index in [1.807, 2.05) is 0 Å². The molecule has 3 aliphatic rings. The lowest BCUT2D eigenvalue weighted by Gasteiger charge is -2.44. The molecule has 1 unspecified atom stereocenters. The lowest BCUT2D eigenvalue weighted by molar-refractivity contribution is 0.0620. The summed E-state index contributed by atoms with van der Waals surface area (Å²) in [5.74, 6) is -0.159. The molecule has 0 radical (unpaired) electrons. The Morgan fingerprint density at radius 2 is 2.11 bits per heavy atom. The molecule has 102 valence electrons. The predicted molar refractivity (Wildman–Crippen MR) is 71.2 cm³/mol. The van der Waals surface area contributed by atoms with Crippen LogP contribution in [0.25, 0.3) is 0 Å². The number of nitrogen functional groups attached to an aromatic ring is 1. The summed E-state index contributed by atoms with van der Waals surface area (Å²) in [6.45, 7) is 3.14. The number of hydrogen-bond acceptors (Lipinski definition) is 3. The van der Waals surface area contributed by atoms with E-state index in [2.05, 4.69) is 10.2 Å². The van der Waals surface area contributed by atoms with Crippen LogP contribution in [0.2, 0.25) is 0 Å². The van der Waals surface area contributed by atoms with Gasteiger partial charge in [0.15, 0.2) is 0 Å². The molecule has 4 nitrogen and oxygen atoms in total. The number of anilines is 1. The van der Waals surface area contributed by atoms with Crippen LogP contribution in [0.15, 0.2) is 18.2 Å². The van der Waals surface area contributed by atoms with Gasteiger partial charge >= 0.3 is 0 Å². The van der Waals surface area contributed by atoms with Crippen LogP contribution in [-0.4, -0.2) is 36.5 Å². The molecule has 4 rings (SSSR count). The highest BCUT2D eigenvalue weighted by Gasteiger charge is 2.35. The monoisotopic (exact) mass is 263 g/mol. The fourth-order valence-electron chi connectivity index (χ4n) is 3.10. The van der Waals surface area contributed by atoms with Crippen molar-refractivity contribution in [2.75, 3.05) is 25.4 Å². The smallest absolute Gasteiger partial charge is 0.253 e. The van der Waals surface area contributed by atoms with E-state index < -0.39 is 5.82 Å². The van der Waals surface area contributed by atoms with Crippen LogP contribution in [0.5, 0.6) is 0 Å². The van der Waals surface area contributed by atoms with Gasteiger partial charge in [-0.3, -0.25) is 4.79 Å². The van der Waals surface area contributed by atoms with Gasteiger partial charge in [0, 0.05) is 18.3 Å². The number of nitrogens with one attached hydrogen (secondary N) is 1. The molecule has 3 aliphatic heterocycles. The average molecular weight is 263 g/mol. The Balaban J connectivity index is 1.73. The van der Waals surface area contributed by atoms with Gasteiger partial charge in [-0.1, -0.05) is 0 Å². The van der Waals surface area contributed by atoms with Crippen molar-refractivity contribution >= 4 is 11.6 Å². The molecule has 3 N–H and O–H groups in total. The van der Waals surface area contributed by atoms with E-state index in [0.717, 1.165) is 32.5 Å². The van der Waals surface area contributed by atoms with E-state index in [-0.39, 0.29) is 17.5 Å². The minimum absolute atomic E-state index is 0.165. The molecule has 1 amide bonds. The van der Waals surface area contributed by atoms with Gasteiger partial charge in [-0.2, -0.15) is 0 Å². The molecule has 1 atom stereocenters. The van der Waals surface area contributed by atoms with Crippen molar-refractivity contribution in [3.05, 3.63) is 29.6 Å². The number of halogens is 1. The Kier molecular flexibility index (Phi) is 3.14. The van der Waals surface area contributed by atoms with E-state index in [9.17, 15) is 9.18 Å². The van der Waals surface area contributed by atoms with Gasteiger partial charge in [0.2, 0.25) is 0 Å². The van der Waals surface area contributed by atoms with Crippen LogP contribution in [-0.2, 0) is 0 Å². The van der Waals surface area contributed by atoms with Gasteiger partial charge < -0.3 is 16.0 Å². The summed E-state index contributed by atoms with van der Waals surface area (Å²) in [5, 5.41) is 3.01.